The van der Waals surface area contributed by atoms with Gasteiger partial charge in [0.2, 0.25) is 11.8 Å². The predicted octanol–water partition coefficient (Wildman–Crippen LogP) is 3.65. The van der Waals surface area contributed by atoms with Gasteiger partial charge in [0.25, 0.3) is 0 Å². The Kier molecular flexibility index (Phi) is 12.3. The average Bonchev–Trinajstić information content (AvgIpc) is 2.75. The zero-order chi connectivity index (χ0) is 26.6. The predicted molar refractivity (Wildman–Crippen MR) is 134 cm³/mol. The van der Waals surface area contributed by atoms with Gasteiger partial charge in [-0.25, -0.2) is 4.79 Å². The summed E-state index contributed by atoms with van der Waals surface area (Å²) in [6, 6.07) is 5.52. The molecule has 0 saturated heterocycles. The Morgan fingerprint density at radius 1 is 1.06 bits per heavy atom. The molecule has 0 heterocycles. The van der Waals surface area contributed by atoms with Crippen LogP contribution in [0.3, 0.4) is 0 Å². The fourth-order valence-electron chi connectivity index (χ4n) is 3.33. The minimum atomic E-state index is -0.931. The first-order valence-corrected chi connectivity index (χ1v) is 12.2. The molecule has 0 radical (unpaired) electrons. The van der Waals surface area contributed by atoms with Gasteiger partial charge >= 0.3 is 12.1 Å². The van der Waals surface area contributed by atoms with Crippen molar-refractivity contribution in [3.8, 4) is 0 Å². The van der Waals surface area contributed by atoms with E-state index in [0.29, 0.717) is 18.5 Å². The molecule has 35 heavy (non-hydrogen) atoms. The summed E-state index contributed by atoms with van der Waals surface area (Å²) in [6.07, 6.45) is 0.797. The van der Waals surface area contributed by atoms with Crippen LogP contribution in [0, 0.1) is 6.92 Å². The van der Waals surface area contributed by atoms with Gasteiger partial charge in [0.05, 0.1) is 13.0 Å². The number of benzene rings is 1. The SMILES string of the molecule is CCCCN(C(=O)C(C)NC(=O)OC(C)(C)C)C(C(=O)NCCC(=O)OCC)c1ccc(C)cc1. The molecule has 2 unspecified atom stereocenters. The van der Waals surface area contributed by atoms with E-state index in [1.165, 1.54) is 4.90 Å². The molecule has 1 rings (SSSR count). The van der Waals surface area contributed by atoms with Crippen LogP contribution in [0.1, 0.15) is 78.0 Å². The molecule has 0 aliphatic carbocycles. The van der Waals surface area contributed by atoms with Crippen molar-refractivity contribution in [2.24, 2.45) is 0 Å². The van der Waals surface area contributed by atoms with Gasteiger partial charge < -0.3 is 25.0 Å². The van der Waals surface area contributed by atoms with Crippen LogP contribution in [-0.2, 0) is 23.9 Å². The van der Waals surface area contributed by atoms with Crippen LogP contribution in [0.5, 0.6) is 0 Å². The van der Waals surface area contributed by atoms with E-state index >= 15 is 0 Å². The number of hydrogen-bond acceptors (Lipinski definition) is 6. The van der Waals surface area contributed by atoms with E-state index in [1.807, 2.05) is 38.1 Å². The Hall–Kier alpha value is -3.10. The Labute approximate surface area is 208 Å². The summed E-state index contributed by atoms with van der Waals surface area (Å²) in [5.74, 6) is -1.23. The summed E-state index contributed by atoms with van der Waals surface area (Å²) in [4.78, 5) is 52.3. The molecule has 196 valence electrons. The first kappa shape index (κ1) is 29.9. The average molecular weight is 492 g/mol. The zero-order valence-corrected chi connectivity index (χ0v) is 22.1. The molecule has 9 heteroatoms. The van der Waals surface area contributed by atoms with Crippen molar-refractivity contribution in [2.75, 3.05) is 19.7 Å². The van der Waals surface area contributed by atoms with Crippen molar-refractivity contribution in [1.82, 2.24) is 15.5 Å². The Morgan fingerprint density at radius 2 is 1.69 bits per heavy atom. The molecule has 0 saturated carbocycles. The molecule has 0 spiro atoms. The minimum absolute atomic E-state index is 0.0275. The van der Waals surface area contributed by atoms with Crippen molar-refractivity contribution < 1.29 is 28.7 Å². The lowest BCUT2D eigenvalue weighted by Gasteiger charge is -2.33. The quantitative estimate of drug-likeness (QED) is 0.432. The number of aryl methyl sites for hydroxylation is 1. The molecule has 0 bridgehead atoms. The van der Waals surface area contributed by atoms with Crippen molar-refractivity contribution in [2.45, 2.75) is 85.4 Å². The van der Waals surface area contributed by atoms with E-state index in [4.69, 9.17) is 9.47 Å². The molecule has 2 N–H and O–H groups in total. The summed E-state index contributed by atoms with van der Waals surface area (Å²) in [5.41, 5.74) is 0.942. The number of alkyl carbamates (subject to hydrolysis) is 1. The van der Waals surface area contributed by atoms with Crippen LogP contribution in [0.15, 0.2) is 24.3 Å². The van der Waals surface area contributed by atoms with Crippen molar-refractivity contribution in [1.29, 1.82) is 0 Å². The molecule has 0 aliphatic heterocycles. The van der Waals surface area contributed by atoms with E-state index in [0.717, 1.165) is 12.0 Å². The van der Waals surface area contributed by atoms with Crippen LogP contribution in [0.2, 0.25) is 0 Å². The van der Waals surface area contributed by atoms with Crippen LogP contribution < -0.4 is 10.6 Å². The number of carbonyl (C=O) groups is 4. The van der Waals surface area contributed by atoms with Gasteiger partial charge in [-0.15, -0.1) is 0 Å². The Bertz CT molecular complexity index is 848. The van der Waals surface area contributed by atoms with Crippen molar-refractivity contribution >= 4 is 23.9 Å². The van der Waals surface area contributed by atoms with Crippen LogP contribution in [-0.4, -0.2) is 60.1 Å². The highest BCUT2D eigenvalue weighted by Gasteiger charge is 2.34. The van der Waals surface area contributed by atoms with E-state index in [1.54, 1.807) is 34.6 Å². The highest BCUT2D eigenvalue weighted by atomic mass is 16.6. The van der Waals surface area contributed by atoms with E-state index < -0.39 is 41.6 Å². The van der Waals surface area contributed by atoms with E-state index in [-0.39, 0.29) is 19.6 Å². The molecule has 1 aromatic carbocycles. The lowest BCUT2D eigenvalue weighted by Crippen LogP contribution is -2.52. The number of rotatable bonds is 12. The standard InChI is InChI=1S/C26H41N3O6/c1-8-10-17-29(24(32)19(4)28-25(33)35-26(5,6)7)22(20-13-11-18(3)12-14-20)23(31)27-16-15-21(30)34-9-2/h11-14,19,22H,8-10,15-17H2,1-7H3,(H,27,31)(H,28,33). The third kappa shape index (κ3) is 10.8. The summed E-state index contributed by atoms with van der Waals surface area (Å²) < 4.78 is 10.2. The molecule has 0 fully saturated rings. The molecule has 1 aromatic rings. The maximum Gasteiger partial charge on any atom is 0.408 e. The summed E-state index contributed by atoms with van der Waals surface area (Å²) in [5, 5.41) is 5.34. The molecular formula is C26H41N3O6. The number of unbranched alkanes of at least 4 members (excludes halogenated alkanes) is 1. The molecule has 9 nitrogen and oxygen atoms in total. The van der Waals surface area contributed by atoms with Crippen LogP contribution in [0.4, 0.5) is 4.79 Å². The Balaban J connectivity index is 3.18. The molecule has 2 atom stereocenters. The second-order valence-electron chi connectivity index (χ2n) is 9.41. The second kappa shape index (κ2) is 14.3. The number of nitrogens with one attached hydrogen (secondary N) is 2. The topological polar surface area (TPSA) is 114 Å². The van der Waals surface area contributed by atoms with Gasteiger partial charge in [-0.3, -0.25) is 14.4 Å². The van der Waals surface area contributed by atoms with Gasteiger partial charge in [-0.1, -0.05) is 43.2 Å². The summed E-state index contributed by atoms with van der Waals surface area (Å²) in [7, 11) is 0. The lowest BCUT2D eigenvalue weighted by molar-refractivity contribution is -0.144. The number of carbonyl (C=O) groups excluding carboxylic acids is 4. The summed E-state index contributed by atoms with van der Waals surface area (Å²) >= 11 is 0. The normalized spacial score (nSPS) is 12.8. The Morgan fingerprint density at radius 3 is 2.23 bits per heavy atom. The number of amides is 3. The van der Waals surface area contributed by atoms with Gasteiger partial charge in [0.15, 0.2) is 0 Å². The van der Waals surface area contributed by atoms with Crippen LogP contribution >= 0.6 is 0 Å². The maximum absolute atomic E-state index is 13.5. The lowest BCUT2D eigenvalue weighted by atomic mass is 10.0. The highest BCUT2D eigenvalue weighted by molar-refractivity contribution is 5.92. The number of esters is 1. The molecule has 0 aromatic heterocycles. The van der Waals surface area contributed by atoms with Crippen molar-refractivity contribution in [3.63, 3.8) is 0 Å². The molecular weight excluding hydrogens is 450 g/mol. The second-order valence-corrected chi connectivity index (χ2v) is 9.41. The smallest absolute Gasteiger partial charge is 0.408 e. The molecule has 0 aliphatic rings. The summed E-state index contributed by atoms with van der Waals surface area (Å²) in [6.45, 7) is 13.1. The maximum atomic E-state index is 13.5. The van der Waals surface area contributed by atoms with Gasteiger partial charge in [-0.05, 0) is 53.5 Å². The van der Waals surface area contributed by atoms with Crippen LogP contribution in [0.25, 0.3) is 0 Å². The number of nitrogens with zero attached hydrogens (tertiary/aromatic N) is 1. The highest BCUT2D eigenvalue weighted by Crippen LogP contribution is 2.24. The van der Waals surface area contributed by atoms with Gasteiger partial charge in [-0.2, -0.15) is 0 Å². The largest absolute Gasteiger partial charge is 0.466 e. The van der Waals surface area contributed by atoms with Gasteiger partial charge in [0.1, 0.15) is 17.7 Å². The minimum Gasteiger partial charge on any atom is -0.466 e. The molecule has 3 amide bonds. The van der Waals surface area contributed by atoms with E-state index in [9.17, 15) is 19.2 Å². The zero-order valence-electron chi connectivity index (χ0n) is 22.1. The fraction of sp³-hybridized carbons (Fsp3) is 0.615. The monoisotopic (exact) mass is 491 g/mol. The van der Waals surface area contributed by atoms with E-state index in [2.05, 4.69) is 10.6 Å². The van der Waals surface area contributed by atoms with Gasteiger partial charge in [0, 0.05) is 13.1 Å². The number of ether oxygens (including phenoxy) is 2. The third-order valence-corrected chi connectivity index (χ3v) is 5.03. The van der Waals surface area contributed by atoms with Crippen molar-refractivity contribution in [3.05, 3.63) is 35.4 Å². The number of hydrogen-bond donors (Lipinski definition) is 2. The fourth-order valence-corrected chi connectivity index (χ4v) is 3.33. The third-order valence-electron chi connectivity index (χ3n) is 5.03. The first-order valence-electron chi connectivity index (χ1n) is 12.2. The first-order chi connectivity index (χ1) is 16.4.